The molecule has 0 unspecified atom stereocenters. The van der Waals surface area contributed by atoms with Gasteiger partial charge in [-0.1, -0.05) is 49.4 Å². The molecule has 1 amide bonds. The molecule has 0 heterocycles. The average molecular weight is 346 g/mol. The number of aliphatic hydroxyl groups excluding tert-OH is 1. The minimum atomic E-state index is -1.16. The van der Waals surface area contributed by atoms with Gasteiger partial charge in [0.2, 0.25) is 0 Å². The molecule has 0 aromatic heterocycles. The predicted octanol–water partition coefficient (Wildman–Crippen LogP) is 2.63. The largest absolute Gasteiger partial charge is 0.382 e. The molecule has 0 aliphatic rings. The zero-order valence-electron chi connectivity index (χ0n) is 14.3. The highest BCUT2D eigenvalue weighted by Crippen LogP contribution is 2.20. The Morgan fingerprint density at radius 2 is 1.96 bits per heavy atom. The molecule has 0 saturated heterocycles. The van der Waals surface area contributed by atoms with Crippen LogP contribution in [0.2, 0.25) is 0 Å². The highest BCUT2D eigenvalue weighted by atomic mass is 32.2. The first-order chi connectivity index (χ1) is 11.5. The quantitative estimate of drug-likeness (QED) is 0.721. The van der Waals surface area contributed by atoms with E-state index in [-0.39, 0.29) is 5.91 Å². The van der Waals surface area contributed by atoms with Crippen LogP contribution in [0.25, 0.3) is 10.8 Å². The number of nitrogens with two attached hydrogens (primary N) is 1. The molecular weight excluding hydrogens is 320 g/mol. The summed E-state index contributed by atoms with van der Waals surface area (Å²) in [5.74, 6) is 1.25. The molecule has 0 aliphatic heterocycles. The lowest BCUT2D eigenvalue weighted by molar-refractivity contribution is -0.140. The zero-order chi connectivity index (χ0) is 17.5. The Bertz CT molecular complexity index is 672. The number of hydrogen-bond acceptors (Lipinski definition) is 4. The highest BCUT2D eigenvalue weighted by molar-refractivity contribution is 7.99. The van der Waals surface area contributed by atoms with Crippen molar-refractivity contribution in [2.75, 3.05) is 18.6 Å². The van der Waals surface area contributed by atoms with Gasteiger partial charge in [-0.25, -0.2) is 0 Å². The molecule has 2 aromatic rings. The highest BCUT2D eigenvalue weighted by Gasteiger charge is 2.26. The van der Waals surface area contributed by atoms with Gasteiger partial charge in [-0.05, 0) is 28.5 Å². The third-order valence-corrected chi connectivity index (χ3v) is 5.30. The summed E-state index contributed by atoms with van der Waals surface area (Å²) in [4.78, 5) is 14.0. The van der Waals surface area contributed by atoms with E-state index >= 15 is 0 Å². The Hall–Kier alpha value is -1.56. The van der Waals surface area contributed by atoms with E-state index in [4.69, 9.17) is 5.73 Å². The summed E-state index contributed by atoms with van der Waals surface area (Å²) in [5.41, 5.74) is 7.02. The number of nitrogens with zero attached hydrogens (tertiary/aromatic N) is 1. The normalized spacial score (nSPS) is 13.7. The molecule has 2 rings (SSSR count). The number of hydrogen-bond donors (Lipinski definition) is 2. The molecule has 5 heteroatoms. The SMILES string of the molecule is CCCSC[C@@H](N)[C@H](O)C(=O)N(C)Cc1cccc2ccccc12. The summed E-state index contributed by atoms with van der Waals surface area (Å²) in [6, 6.07) is 13.6. The van der Waals surface area contributed by atoms with E-state index in [1.165, 1.54) is 0 Å². The average Bonchev–Trinajstić information content (AvgIpc) is 2.60. The second-order valence-electron chi connectivity index (χ2n) is 6.02. The minimum Gasteiger partial charge on any atom is -0.382 e. The predicted molar refractivity (Wildman–Crippen MR) is 102 cm³/mol. The molecule has 24 heavy (non-hydrogen) atoms. The minimum absolute atomic E-state index is 0.326. The monoisotopic (exact) mass is 346 g/mol. The second-order valence-corrected chi connectivity index (χ2v) is 7.17. The summed E-state index contributed by atoms with van der Waals surface area (Å²) < 4.78 is 0. The van der Waals surface area contributed by atoms with Crippen LogP contribution >= 0.6 is 11.8 Å². The molecule has 2 aromatic carbocycles. The van der Waals surface area contributed by atoms with Crippen molar-refractivity contribution in [2.24, 2.45) is 5.73 Å². The Labute approximate surface area is 148 Å². The molecule has 0 aliphatic carbocycles. The number of carbonyl (C=O) groups excluding carboxylic acids is 1. The van der Waals surface area contributed by atoms with Crippen molar-refractivity contribution in [1.82, 2.24) is 4.90 Å². The number of benzene rings is 2. The summed E-state index contributed by atoms with van der Waals surface area (Å²) in [6.45, 7) is 2.55. The van der Waals surface area contributed by atoms with E-state index in [1.807, 2.05) is 30.3 Å². The fourth-order valence-corrected chi connectivity index (χ4v) is 3.54. The number of aliphatic hydroxyl groups is 1. The molecule has 130 valence electrons. The summed E-state index contributed by atoms with van der Waals surface area (Å²) >= 11 is 1.67. The standard InChI is InChI=1S/C19H26N2O2S/c1-3-11-24-13-17(20)18(22)19(23)21(2)12-15-9-6-8-14-7-4-5-10-16(14)15/h4-10,17-18,22H,3,11-13,20H2,1-2H3/t17-,18+/m1/s1. The first kappa shape index (κ1) is 18.8. The van der Waals surface area contributed by atoms with Crippen molar-refractivity contribution < 1.29 is 9.90 Å². The number of carbonyl (C=O) groups is 1. The van der Waals surface area contributed by atoms with Gasteiger partial charge in [0.05, 0.1) is 0 Å². The van der Waals surface area contributed by atoms with Crippen LogP contribution in [0.3, 0.4) is 0 Å². The summed E-state index contributed by atoms with van der Waals surface area (Å²) in [5, 5.41) is 12.5. The van der Waals surface area contributed by atoms with Gasteiger partial charge in [-0.3, -0.25) is 4.79 Å². The van der Waals surface area contributed by atoms with Gasteiger partial charge in [-0.2, -0.15) is 11.8 Å². The summed E-state index contributed by atoms with van der Waals surface area (Å²) in [7, 11) is 1.71. The van der Waals surface area contributed by atoms with Crippen molar-refractivity contribution in [3.63, 3.8) is 0 Å². The van der Waals surface area contributed by atoms with E-state index in [0.29, 0.717) is 12.3 Å². The fraction of sp³-hybridized carbons (Fsp3) is 0.421. The van der Waals surface area contributed by atoms with Crippen LogP contribution in [0.15, 0.2) is 42.5 Å². The lowest BCUT2D eigenvalue weighted by Gasteiger charge is -2.24. The zero-order valence-corrected chi connectivity index (χ0v) is 15.1. The van der Waals surface area contributed by atoms with Crippen LogP contribution in [-0.4, -0.2) is 46.6 Å². The van der Waals surface area contributed by atoms with Gasteiger partial charge in [0.15, 0.2) is 0 Å². The van der Waals surface area contributed by atoms with Crippen LogP contribution in [0, 0.1) is 0 Å². The maximum Gasteiger partial charge on any atom is 0.253 e. The Morgan fingerprint density at radius 1 is 1.25 bits per heavy atom. The van der Waals surface area contributed by atoms with E-state index in [2.05, 4.69) is 19.1 Å². The van der Waals surface area contributed by atoms with Gasteiger partial charge in [0.25, 0.3) is 5.91 Å². The maximum atomic E-state index is 12.4. The van der Waals surface area contributed by atoms with Gasteiger partial charge in [0.1, 0.15) is 6.10 Å². The Morgan fingerprint density at radius 3 is 2.71 bits per heavy atom. The van der Waals surface area contributed by atoms with Gasteiger partial charge >= 0.3 is 0 Å². The number of thioether (sulfide) groups is 1. The van der Waals surface area contributed by atoms with E-state index in [1.54, 1.807) is 23.7 Å². The Kier molecular flexibility index (Phi) is 7.09. The van der Waals surface area contributed by atoms with Crippen molar-refractivity contribution in [2.45, 2.75) is 32.0 Å². The molecule has 2 atom stereocenters. The van der Waals surface area contributed by atoms with Crippen molar-refractivity contribution in [1.29, 1.82) is 0 Å². The van der Waals surface area contributed by atoms with Gasteiger partial charge in [0, 0.05) is 25.4 Å². The first-order valence-electron chi connectivity index (χ1n) is 8.27. The van der Waals surface area contributed by atoms with Crippen LogP contribution in [0.5, 0.6) is 0 Å². The first-order valence-corrected chi connectivity index (χ1v) is 9.43. The topological polar surface area (TPSA) is 66.6 Å². The van der Waals surface area contributed by atoms with Gasteiger partial charge < -0.3 is 15.7 Å². The third kappa shape index (κ3) is 4.72. The number of likely N-dealkylation sites (N-methyl/N-ethyl adjacent to an activating group) is 1. The van der Waals surface area contributed by atoms with Crippen LogP contribution in [0.4, 0.5) is 0 Å². The molecule has 0 radical (unpaired) electrons. The molecule has 0 saturated carbocycles. The number of fused-ring (bicyclic) bond motifs is 1. The van der Waals surface area contributed by atoms with Crippen molar-refractivity contribution >= 4 is 28.4 Å². The maximum absolute atomic E-state index is 12.4. The molecule has 0 bridgehead atoms. The van der Waals surface area contributed by atoms with E-state index < -0.39 is 12.1 Å². The lowest BCUT2D eigenvalue weighted by atomic mass is 10.0. The second kappa shape index (κ2) is 9.06. The van der Waals surface area contributed by atoms with Crippen LogP contribution in [-0.2, 0) is 11.3 Å². The molecule has 4 nitrogen and oxygen atoms in total. The van der Waals surface area contributed by atoms with E-state index in [0.717, 1.165) is 28.5 Å². The third-order valence-electron chi connectivity index (χ3n) is 3.98. The number of amides is 1. The van der Waals surface area contributed by atoms with Crippen molar-refractivity contribution in [3.8, 4) is 0 Å². The van der Waals surface area contributed by atoms with Gasteiger partial charge in [-0.15, -0.1) is 0 Å². The lowest BCUT2D eigenvalue weighted by Crippen LogP contribution is -2.48. The van der Waals surface area contributed by atoms with Crippen molar-refractivity contribution in [3.05, 3.63) is 48.0 Å². The molecule has 3 N–H and O–H groups in total. The number of rotatable bonds is 8. The molecular formula is C19H26N2O2S. The van der Waals surface area contributed by atoms with Crippen LogP contribution in [0.1, 0.15) is 18.9 Å². The smallest absolute Gasteiger partial charge is 0.253 e. The molecule has 0 fully saturated rings. The Balaban J connectivity index is 2.02. The molecule has 0 spiro atoms. The van der Waals surface area contributed by atoms with Crippen LogP contribution < -0.4 is 5.73 Å². The fourth-order valence-electron chi connectivity index (χ4n) is 2.63. The van der Waals surface area contributed by atoms with E-state index in [9.17, 15) is 9.90 Å². The summed E-state index contributed by atoms with van der Waals surface area (Å²) in [6.07, 6.45) is -0.100.